The standard InChI is InChI=1S/C19H29N5O/c1-15-14-24(16-5-2-3-6-16)18-17(15)13-21-19(22-18)20-7-4-8-23-9-11-25-12-10-23/h13-14,16H,2-12H2,1H3,(H,20,21,22). The number of anilines is 1. The van der Waals surface area contributed by atoms with Gasteiger partial charge < -0.3 is 14.6 Å². The fraction of sp³-hybridized carbons (Fsp3) is 0.684. The summed E-state index contributed by atoms with van der Waals surface area (Å²) in [5, 5.41) is 4.60. The van der Waals surface area contributed by atoms with Crippen LogP contribution < -0.4 is 5.32 Å². The zero-order valence-electron chi connectivity index (χ0n) is 15.2. The lowest BCUT2D eigenvalue weighted by Crippen LogP contribution is -2.37. The molecule has 0 aromatic carbocycles. The number of hydrogen-bond acceptors (Lipinski definition) is 5. The van der Waals surface area contributed by atoms with Gasteiger partial charge in [0, 0.05) is 43.5 Å². The van der Waals surface area contributed by atoms with Gasteiger partial charge in [-0.25, -0.2) is 4.98 Å². The molecule has 3 heterocycles. The molecule has 1 saturated carbocycles. The Morgan fingerprint density at radius 2 is 2.04 bits per heavy atom. The number of nitrogens with one attached hydrogen (secondary N) is 1. The summed E-state index contributed by atoms with van der Waals surface area (Å²) >= 11 is 0. The van der Waals surface area contributed by atoms with Crippen LogP contribution in [0.3, 0.4) is 0 Å². The van der Waals surface area contributed by atoms with E-state index in [9.17, 15) is 0 Å². The van der Waals surface area contributed by atoms with Gasteiger partial charge in [-0.2, -0.15) is 4.98 Å². The first-order valence-electron chi connectivity index (χ1n) is 9.69. The van der Waals surface area contributed by atoms with Crippen molar-refractivity contribution in [2.24, 2.45) is 0 Å². The minimum atomic E-state index is 0.611. The predicted octanol–water partition coefficient (Wildman–Crippen LogP) is 2.99. The van der Waals surface area contributed by atoms with Crippen LogP contribution in [0, 0.1) is 6.92 Å². The van der Waals surface area contributed by atoms with Crippen molar-refractivity contribution in [1.29, 1.82) is 0 Å². The third kappa shape index (κ3) is 3.80. The van der Waals surface area contributed by atoms with Gasteiger partial charge in [0.05, 0.1) is 13.2 Å². The number of morpholine rings is 1. The number of hydrogen-bond donors (Lipinski definition) is 1. The largest absolute Gasteiger partial charge is 0.379 e. The second-order valence-corrected chi connectivity index (χ2v) is 7.32. The van der Waals surface area contributed by atoms with Gasteiger partial charge in [0.1, 0.15) is 5.65 Å². The molecule has 0 unspecified atom stereocenters. The Morgan fingerprint density at radius 3 is 2.84 bits per heavy atom. The number of rotatable bonds is 6. The molecule has 1 N–H and O–H groups in total. The van der Waals surface area contributed by atoms with E-state index in [0.717, 1.165) is 57.4 Å². The van der Waals surface area contributed by atoms with E-state index < -0.39 is 0 Å². The topological polar surface area (TPSA) is 55.2 Å². The molecule has 25 heavy (non-hydrogen) atoms. The molecule has 0 atom stereocenters. The van der Waals surface area contributed by atoms with E-state index in [1.165, 1.54) is 36.6 Å². The highest BCUT2D eigenvalue weighted by Crippen LogP contribution is 2.33. The summed E-state index contributed by atoms with van der Waals surface area (Å²) in [5.41, 5.74) is 2.37. The monoisotopic (exact) mass is 343 g/mol. The lowest BCUT2D eigenvalue weighted by Gasteiger charge is -2.26. The summed E-state index contributed by atoms with van der Waals surface area (Å²) in [4.78, 5) is 11.8. The molecule has 4 rings (SSSR count). The van der Waals surface area contributed by atoms with Crippen LogP contribution in [0.1, 0.15) is 43.7 Å². The molecular formula is C19H29N5O. The molecule has 0 radical (unpaired) electrons. The van der Waals surface area contributed by atoms with Crippen LogP contribution in [0.25, 0.3) is 11.0 Å². The van der Waals surface area contributed by atoms with Gasteiger partial charge in [0.15, 0.2) is 0 Å². The highest BCUT2D eigenvalue weighted by atomic mass is 16.5. The number of aryl methyl sites for hydroxylation is 1. The summed E-state index contributed by atoms with van der Waals surface area (Å²) in [7, 11) is 0. The molecule has 136 valence electrons. The molecule has 1 saturated heterocycles. The molecule has 1 aliphatic carbocycles. The Kier molecular flexibility index (Phi) is 5.17. The van der Waals surface area contributed by atoms with Gasteiger partial charge in [-0.3, -0.25) is 4.90 Å². The zero-order chi connectivity index (χ0) is 17.1. The number of ether oxygens (including phenoxy) is 1. The molecule has 0 bridgehead atoms. The van der Waals surface area contributed by atoms with Crippen molar-refractivity contribution in [2.75, 3.05) is 44.7 Å². The summed E-state index contributed by atoms with van der Waals surface area (Å²) in [5.74, 6) is 0.756. The maximum absolute atomic E-state index is 5.39. The molecule has 2 aromatic heterocycles. The van der Waals surface area contributed by atoms with Gasteiger partial charge in [-0.1, -0.05) is 12.8 Å². The first kappa shape index (κ1) is 16.8. The van der Waals surface area contributed by atoms with E-state index >= 15 is 0 Å². The van der Waals surface area contributed by atoms with Crippen LogP contribution in [0.5, 0.6) is 0 Å². The molecule has 2 fully saturated rings. The third-order valence-electron chi connectivity index (χ3n) is 5.53. The fourth-order valence-electron chi connectivity index (χ4n) is 4.06. The zero-order valence-corrected chi connectivity index (χ0v) is 15.2. The van der Waals surface area contributed by atoms with Crippen LogP contribution in [-0.4, -0.2) is 58.8 Å². The van der Waals surface area contributed by atoms with Crippen molar-refractivity contribution < 1.29 is 4.74 Å². The molecule has 6 nitrogen and oxygen atoms in total. The Morgan fingerprint density at radius 1 is 1.24 bits per heavy atom. The van der Waals surface area contributed by atoms with Crippen molar-refractivity contribution in [2.45, 2.75) is 45.1 Å². The number of aromatic nitrogens is 3. The third-order valence-corrected chi connectivity index (χ3v) is 5.53. The van der Waals surface area contributed by atoms with E-state index in [4.69, 9.17) is 9.72 Å². The van der Waals surface area contributed by atoms with Crippen LogP contribution >= 0.6 is 0 Å². The minimum absolute atomic E-state index is 0.611. The molecular weight excluding hydrogens is 314 g/mol. The van der Waals surface area contributed by atoms with Crippen molar-refractivity contribution in [3.63, 3.8) is 0 Å². The first-order valence-corrected chi connectivity index (χ1v) is 9.69. The molecule has 1 aliphatic heterocycles. The van der Waals surface area contributed by atoms with Crippen molar-refractivity contribution >= 4 is 17.0 Å². The van der Waals surface area contributed by atoms with Crippen LogP contribution in [0.2, 0.25) is 0 Å². The van der Waals surface area contributed by atoms with E-state index in [2.05, 4.69) is 32.9 Å². The van der Waals surface area contributed by atoms with E-state index in [1.807, 2.05) is 6.20 Å². The van der Waals surface area contributed by atoms with E-state index in [0.29, 0.717) is 6.04 Å². The Bertz CT molecular complexity index is 701. The molecule has 6 heteroatoms. The second kappa shape index (κ2) is 7.70. The minimum Gasteiger partial charge on any atom is -0.379 e. The second-order valence-electron chi connectivity index (χ2n) is 7.32. The Labute approximate surface area is 149 Å². The quantitative estimate of drug-likeness (QED) is 0.817. The summed E-state index contributed by atoms with van der Waals surface area (Å²) in [6, 6.07) is 0.611. The SMILES string of the molecule is Cc1cn(C2CCCC2)c2nc(NCCCN3CCOCC3)ncc12. The van der Waals surface area contributed by atoms with Crippen molar-refractivity contribution in [3.05, 3.63) is 18.0 Å². The maximum Gasteiger partial charge on any atom is 0.224 e. The Hall–Kier alpha value is -1.66. The number of nitrogens with zero attached hydrogens (tertiary/aromatic N) is 4. The van der Waals surface area contributed by atoms with Gasteiger partial charge >= 0.3 is 0 Å². The lowest BCUT2D eigenvalue weighted by molar-refractivity contribution is 0.0378. The van der Waals surface area contributed by atoms with Crippen molar-refractivity contribution in [1.82, 2.24) is 19.4 Å². The van der Waals surface area contributed by atoms with Gasteiger partial charge in [-0.15, -0.1) is 0 Å². The fourth-order valence-corrected chi connectivity index (χ4v) is 4.06. The van der Waals surface area contributed by atoms with Crippen LogP contribution in [0.4, 0.5) is 5.95 Å². The normalized spacial score (nSPS) is 19.7. The Balaban J connectivity index is 1.39. The highest BCUT2D eigenvalue weighted by molar-refractivity contribution is 5.80. The smallest absolute Gasteiger partial charge is 0.224 e. The van der Waals surface area contributed by atoms with Gasteiger partial charge in [-0.05, 0) is 38.3 Å². The molecule has 2 aromatic rings. The first-order chi connectivity index (χ1) is 12.3. The number of fused-ring (bicyclic) bond motifs is 1. The summed E-state index contributed by atoms with van der Waals surface area (Å²) in [6.45, 7) is 8.01. The summed E-state index contributed by atoms with van der Waals surface area (Å²) in [6.07, 6.45) is 10.6. The highest BCUT2D eigenvalue weighted by Gasteiger charge is 2.20. The maximum atomic E-state index is 5.39. The molecule has 0 amide bonds. The average molecular weight is 343 g/mol. The molecule has 0 spiro atoms. The van der Waals surface area contributed by atoms with Crippen LogP contribution in [0.15, 0.2) is 12.4 Å². The van der Waals surface area contributed by atoms with E-state index in [-0.39, 0.29) is 0 Å². The molecule has 2 aliphatic rings. The summed E-state index contributed by atoms with van der Waals surface area (Å²) < 4.78 is 7.78. The lowest BCUT2D eigenvalue weighted by atomic mass is 10.2. The van der Waals surface area contributed by atoms with Crippen molar-refractivity contribution in [3.8, 4) is 0 Å². The van der Waals surface area contributed by atoms with Gasteiger partial charge in [0.2, 0.25) is 5.95 Å². The van der Waals surface area contributed by atoms with Gasteiger partial charge in [0.25, 0.3) is 0 Å². The predicted molar refractivity (Wildman–Crippen MR) is 100 cm³/mol. The van der Waals surface area contributed by atoms with E-state index in [1.54, 1.807) is 0 Å². The average Bonchev–Trinajstić information content (AvgIpc) is 3.28. The van der Waals surface area contributed by atoms with Crippen LogP contribution in [-0.2, 0) is 4.74 Å².